The number of aldehydes is 1. The van der Waals surface area contributed by atoms with Gasteiger partial charge in [0.15, 0.2) is 23.4 Å². The van der Waals surface area contributed by atoms with Crippen LogP contribution in [0.25, 0.3) is 11.0 Å². The Bertz CT molecular complexity index is 1080. The molecule has 0 radical (unpaired) electrons. The predicted molar refractivity (Wildman–Crippen MR) is 97.8 cm³/mol. The van der Waals surface area contributed by atoms with Crippen LogP contribution < -0.4 is 10.4 Å². The Morgan fingerprint density at radius 2 is 2.18 bits per heavy atom. The van der Waals surface area contributed by atoms with E-state index in [0.717, 1.165) is 0 Å². The molecule has 2 atom stereocenters. The SMILES string of the molecule is COc1cc2c(C)c(CC(=O)N3C[C@@H]4C[C@H]3CC4=O)c(=O)oc2c(C=O)c1O. The van der Waals surface area contributed by atoms with Gasteiger partial charge in [0, 0.05) is 30.3 Å². The van der Waals surface area contributed by atoms with E-state index in [1.165, 1.54) is 13.2 Å². The molecule has 1 N–H and O–H groups in total. The van der Waals surface area contributed by atoms with Gasteiger partial charge in [0.1, 0.15) is 11.3 Å². The molecule has 8 nitrogen and oxygen atoms in total. The summed E-state index contributed by atoms with van der Waals surface area (Å²) in [5, 5.41) is 10.5. The number of phenolic OH excluding ortho intramolecular Hbond substituents is 1. The summed E-state index contributed by atoms with van der Waals surface area (Å²) in [6.45, 7) is 2.06. The van der Waals surface area contributed by atoms with Gasteiger partial charge in [0.25, 0.3) is 0 Å². The molecule has 1 aliphatic carbocycles. The quantitative estimate of drug-likeness (QED) is 0.624. The summed E-state index contributed by atoms with van der Waals surface area (Å²) in [5.41, 5.74) is -0.273. The molecule has 0 spiro atoms. The van der Waals surface area contributed by atoms with E-state index in [9.17, 15) is 24.3 Å². The van der Waals surface area contributed by atoms with E-state index in [2.05, 4.69) is 0 Å². The van der Waals surface area contributed by atoms with Gasteiger partial charge >= 0.3 is 5.63 Å². The summed E-state index contributed by atoms with van der Waals surface area (Å²) in [6.07, 6.45) is 1.31. The fourth-order valence-corrected chi connectivity index (χ4v) is 4.28. The number of aryl methyl sites for hydroxylation is 1. The smallest absolute Gasteiger partial charge is 0.340 e. The molecule has 1 saturated heterocycles. The van der Waals surface area contributed by atoms with Gasteiger partial charge < -0.3 is 19.2 Å². The highest BCUT2D eigenvalue weighted by Gasteiger charge is 2.45. The van der Waals surface area contributed by atoms with Crippen LogP contribution in [0.5, 0.6) is 11.5 Å². The number of hydrogen-bond acceptors (Lipinski definition) is 7. The molecule has 2 aromatic rings. The molecule has 8 heteroatoms. The highest BCUT2D eigenvalue weighted by molar-refractivity contribution is 6.00. The number of hydrogen-bond donors (Lipinski definition) is 1. The van der Waals surface area contributed by atoms with E-state index in [0.29, 0.717) is 36.6 Å². The van der Waals surface area contributed by atoms with Gasteiger partial charge in [-0.15, -0.1) is 0 Å². The molecule has 0 unspecified atom stereocenters. The van der Waals surface area contributed by atoms with Gasteiger partial charge in [0.2, 0.25) is 5.91 Å². The Balaban J connectivity index is 1.75. The Morgan fingerprint density at radius 1 is 1.43 bits per heavy atom. The van der Waals surface area contributed by atoms with Crippen LogP contribution in [0.3, 0.4) is 0 Å². The number of likely N-dealkylation sites (tertiary alicyclic amines) is 1. The van der Waals surface area contributed by atoms with Gasteiger partial charge in [-0.2, -0.15) is 0 Å². The number of carbonyl (C=O) groups is 3. The minimum atomic E-state index is -0.730. The van der Waals surface area contributed by atoms with Crippen molar-refractivity contribution in [3.63, 3.8) is 0 Å². The molecule has 2 aliphatic rings. The van der Waals surface area contributed by atoms with Crippen molar-refractivity contribution in [2.45, 2.75) is 32.2 Å². The number of Topliss-reactive ketones (excluding diaryl/α,β-unsaturated/α-hetero) is 1. The molecule has 1 saturated carbocycles. The Kier molecular flexibility index (Phi) is 4.21. The average molecular weight is 385 g/mol. The van der Waals surface area contributed by atoms with E-state index in [1.807, 2.05) is 0 Å². The monoisotopic (exact) mass is 385 g/mol. The minimum absolute atomic E-state index is 0.0437. The molecule has 28 heavy (non-hydrogen) atoms. The van der Waals surface area contributed by atoms with Crippen molar-refractivity contribution < 1.29 is 28.6 Å². The molecule has 1 aromatic carbocycles. The zero-order chi connectivity index (χ0) is 20.2. The van der Waals surface area contributed by atoms with Crippen molar-refractivity contribution in [1.82, 2.24) is 4.90 Å². The first-order valence-corrected chi connectivity index (χ1v) is 8.99. The number of benzene rings is 1. The van der Waals surface area contributed by atoms with Gasteiger partial charge in [-0.3, -0.25) is 14.4 Å². The van der Waals surface area contributed by atoms with E-state index >= 15 is 0 Å². The third-order valence-corrected chi connectivity index (χ3v) is 5.84. The summed E-state index contributed by atoms with van der Waals surface area (Å²) in [5.74, 6) is -0.460. The number of aromatic hydroxyl groups is 1. The molecule has 2 bridgehead atoms. The van der Waals surface area contributed by atoms with Crippen LogP contribution in [0, 0.1) is 12.8 Å². The van der Waals surface area contributed by atoms with Gasteiger partial charge in [-0.25, -0.2) is 4.79 Å². The van der Waals surface area contributed by atoms with Crippen molar-refractivity contribution in [3.05, 3.63) is 33.2 Å². The maximum absolute atomic E-state index is 12.8. The van der Waals surface area contributed by atoms with Crippen LogP contribution in [-0.2, 0) is 16.0 Å². The van der Waals surface area contributed by atoms with Gasteiger partial charge in [-0.1, -0.05) is 0 Å². The number of carbonyl (C=O) groups excluding carboxylic acids is 3. The second-order valence-corrected chi connectivity index (χ2v) is 7.31. The topological polar surface area (TPSA) is 114 Å². The number of fused-ring (bicyclic) bond motifs is 3. The molecule has 2 heterocycles. The number of phenols is 1. The van der Waals surface area contributed by atoms with Gasteiger partial charge in [-0.05, 0) is 25.0 Å². The van der Waals surface area contributed by atoms with Crippen LogP contribution >= 0.6 is 0 Å². The standard InChI is InChI=1S/C20H19NO7/c1-9-12-5-16(27-2)18(25)14(8-22)19(12)28-20(26)13(9)6-17(24)21-7-10-3-11(21)4-15(10)23/h5,8,10-11,25H,3-4,6-7H2,1-2H3/t10-,11-/m0/s1. The summed E-state index contributed by atoms with van der Waals surface area (Å²) < 4.78 is 10.4. The predicted octanol–water partition coefficient (Wildman–Crippen LogP) is 1.36. The number of ether oxygens (including phenoxy) is 1. The largest absolute Gasteiger partial charge is 0.504 e. The lowest BCUT2D eigenvalue weighted by Gasteiger charge is -2.26. The lowest BCUT2D eigenvalue weighted by molar-refractivity contribution is -0.134. The number of methoxy groups -OCH3 is 1. The van der Waals surface area contributed by atoms with Crippen molar-refractivity contribution in [2.75, 3.05) is 13.7 Å². The first-order chi connectivity index (χ1) is 13.3. The van der Waals surface area contributed by atoms with Crippen molar-refractivity contribution >= 4 is 28.9 Å². The van der Waals surface area contributed by atoms with Crippen LogP contribution in [0.1, 0.15) is 34.3 Å². The van der Waals surface area contributed by atoms with E-state index < -0.39 is 11.4 Å². The fourth-order valence-electron chi connectivity index (χ4n) is 4.28. The normalized spacial score (nSPS) is 20.8. The second-order valence-electron chi connectivity index (χ2n) is 7.31. The minimum Gasteiger partial charge on any atom is -0.504 e. The zero-order valence-electron chi connectivity index (χ0n) is 15.5. The third-order valence-electron chi connectivity index (χ3n) is 5.84. The molecular formula is C20H19NO7. The summed E-state index contributed by atoms with van der Waals surface area (Å²) in [6, 6.07) is 1.39. The molecule has 1 aromatic heterocycles. The summed E-state index contributed by atoms with van der Waals surface area (Å²) in [7, 11) is 1.35. The fraction of sp³-hybridized carbons (Fsp3) is 0.400. The Labute approximate surface area is 159 Å². The average Bonchev–Trinajstić information content (AvgIpc) is 3.24. The molecule has 1 aliphatic heterocycles. The molecular weight excluding hydrogens is 366 g/mol. The van der Waals surface area contributed by atoms with Crippen molar-refractivity contribution in [3.8, 4) is 11.5 Å². The maximum atomic E-state index is 12.8. The Hall–Kier alpha value is -3.16. The lowest BCUT2D eigenvalue weighted by Crippen LogP contribution is -2.41. The number of rotatable bonds is 4. The van der Waals surface area contributed by atoms with Crippen molar-refractivity contribution in [2.24, 2.45) is 5.92 Å². The van der Waals surface area contributed by atoms with E-state index in [1.54, 1.807) is 11.8 Å². The Morgan fingerprint density at radius 3 is 2.75 bits per heavy atom. The van der Waals surface area contributed by atoms with Gasteiger partial charge in [0.05, 0.1) is 19.1 Å². The van der Waals surface area contributed by atoms with Crippen LogP contribution in [-0.4, -0.2) is 47.7 Å². The lowest BCUT2D eigenvalue weighted by atomic mass is 10.00. The summed E-state index contributed by atoms with van der Waals surface area (Å²) >= 11 is 0. The third kappa shape index (κ3) is 2.59. The molecule has 4 rings (SSSR count). The van der Waals surface area contributed by atoms with E-state index in [-0.39, 0.29) is 52.5 Å². The molecule has 2 fully saturated rings. The first-order valence-electron chi connectivity index (χ1n) is 8.99. The highest BCUT2D eigenvalue weighted by atomic mass is 16.5. The number of piperidine rings is 1. The van der Waals surface area contributed by atoms with E-state index in [4.69, 9.17) is 9.15 Å². The van der Waals surface area contributed by atoms with Crippen LogP contribution in [0.4, 0.5) is 0 Å². The number of nitrogens with zero attached hydrogens (tertiary/aromatic N) is 1. The number of amides is 1. The van der Waals surface area contributed by atoms with Crippen molar-refractivity contribution in [1.29, 1.82) is 0 Å². The maximum Gasteiger partial charge on any atom is 0.340 e. The number of ketones is 1. The zero-order valence-corrected chi connectivity index (χ0v) is 15.5. The summed E-state index contributed by atoms with van der Waals surface area (Å²) in [4.78, 5) is 50.1. The molecule has 146 valence electrons. The first kappa shape index (κ1) is 18.2. The molecule has 1 amide bonds. The second kappa shape index (κ2) is 6.47. The van der Waals surface area contributed by atoms with Crippen LogP contribution in [0.15, 0.2) is 15.3 Å². The van der Waals surface area contributed by atoms with Crippen LogP contribution in [0.2, 0.25) is 0 Å². The highest BCUT2D eigenvalue weighted by Crippen LogP contribution is 2.38.